The molecule has 1 atom stereocenters. The Labute approximate surface area is 138 Å². The molecule has 22 heavy (non-hydrogen) atoms. The number of halogens is 2. The molecule has 0 amide bonds. The SMILES string of the molecule is COc1ccc(F)c([C@H](N2CCNCC2)C(C)(C)CO)c1.Cl. The van der Waals surface area contributed by atoms with Crippen molar-refractivity contribution in [2.45, 2.75) is 19.9 Å². The van der Waals surface area contributed by atoms with Gasteiger partial charge in [-0.15, -0.1) is 12.4 Å². The highest BCUT2D eigenvalue weighted by atomic mass is 35.5. The van der Waals surface area contributed by atoms with Gasteiger partial charge in [-0.2, -0.15) is 0 Å². The summed E-state index contributed by atoms with van der Waals surface area (Å²) >= 11 is 0. The Kier molecular flexibility index (Phi) is 7.06. The summed E-state index contributed by atoms with van der Waals surface area (Å²) in [6.45, 7) is 7.37. The molecular weight excluding hydrogens is 307 g/mol. The first-order valence-corrected chi connectivity index (χ1v) is 7.38. The molecule has 1 heterocycles. The van der Waals surface area contributed by atoms with Gasteiger partial charge in [0.1, 0.15) is 11.6 Å². The molecule has 2 rings (SSSR count). The molecular formula is C16H26ClFN2O2. The van der Waals surface area contributed by atoms with Gasteiger partial charge in [-0.05, 0) is 18.2 Å². The van der Waals surface area contributed by atoms with Crippen LogP contribution >= 0.6 is 12.4 Å². The van der Waals surface area contributed by atoms with E-state index in [4.69, 9.17) is 4.74 Å². The lowest BCUT2D eigenvalue weighted by molar-refractivity contribution is 0.0285. The second kappa shape index (κ2) is 8.11. The standard InChI is InChI=1S/C16H25FN2O2.ClH/c1-16(2,11-20)15(19-8-6-18-7-9-19)13-10-12(21-3)4-5-14(13)17;/h4-5,10,15,18,20H,6-9,11H2,1-3H3;1H/t15-;/m0./s1. The number of nitrogens with zero attached hydrogens (tertiary/aromatic N) is 1. The van der Waals surface area contributed by atoms with Crippen molar-refractivity contribution in [1.29, 1.82) is 0 Å². The molecule has 1 aromatic rings. The summed E-state index contributed by atoms with van der Waals surface area (Å²) in [6, 6.07) is 4.63. The first-order chi connectivity index (χ1) is 9.99. The maximum absolute atomic E-state index is 14.4. The van der Waals surface area contributed by atoms with Crippen molar-refractivity contribution in [2.75, 3.05) is 39.9 Å². The highest BCUT2D eigenvalue weighted by molar-refractivity contribution is 5.85. The highest BCUT2D eigenvalue weighted by Crippen LogP contribution is 2.40. The zero-order valence-corrected chi connectivity index (χ0v) is 14.3. The lowest BCUT2D eigenvalue weighted by Crippen LogP contribution is -2.49. The van der Waals surface area contributed by atoms with Crippen LogP contribution in [0.3, 0.4) is 0 Å². The van der Waals surface area contributed by atoms with Gasteiger partial charge in [-0.1, -0.05) is 13.8 Å². The zero-order chi connectivity index (χ0) is 15.5. The van der Waals surface area contributed by atoms with Crippen molar-refractivity contribution in [3.05, 3.63) is 29.6 Å². The molecule has 0 saturated carbocycles. The van der Waals surface area contributed by atoms with Gasteiger partial charge in [0.25, 0.3) is 0 Å². The minimum atomic E-state index is -0.440. The largest absolute Gasteiger partial charge is 0.497 e. The zero-order valence-electron chi connectivity index (χ0n) is 13.4. The second-order valence-corrected chi connectivity index (χ2v) is 6.22. The molecule has 4 nitrogen and oxygen atoms in total. The molecule has 0 unspecified atom stereocenters. The van der Waals surface area contributed by atoms with E-state index in [1.807, 2.05) is 13.8 Å². The van der Waals surface area contributed by atoms with Crippen LogP contribution in [0.2, 0.25) is 0 Å². The third-order valence-corrected chi connectivity index (χ3v) is 4.16. The molecule has 126 valence electrons. The molecule has 0 aromatic heterocycles. The van der Waals surface area contributed by atoms with Crippen LogP contribution in [-0.2, 0) is 0 Å². The Morgan fingerprint density at radius 1 is 1.36 bits per heavy atom. The Hall–Kier alpha value is -0.880. The number of rotatable bonds is 5. The third kappa shape index (κ3) is 4.10. The number of hydrogen-bond donors (Lipinski definition) is 2. The second-order valence-electron chi connectivity index (χ2n) is 6.22. The van der Waals surface area contributed by atoms with E-state index in [0.29, 0.717) is 11.3 Å². The number of piperazine rings is 1. The van der Waals surface area contributed by atoms with E-state index in [2.05, 4.69) is 10.2 Å². The van der Waals surface area contributed by atoms with E-state index in [1.165, 1.54) is 6.07 Å². The van der Waals surface area contributed by atoms with Gasteiger partial charge in [0, 0.05) is 49.8 Å². The van der Waals surface area contributed by atoms with E-state index in [0.717, 1.165) is 26.2 Å². The van der Waals surface area contributed by atoms with Crippen LogP contribution in [0.15, 0.2) is 18.2 Å². The van der Waals surface area contributed by atoms with Crippen LogP contribution in [0.1, 0.15) is 25.5 Å². The molecule has 6 heteroatoms. The molecule has 1 aliphatic heterocycles. The fourth-order valence-electron chi connectivity index (χ4n) is 3.00. The van der Waals surface area contributed by atoms with E-state index in [1.54, 1.807) is 19.2 Å². The van der Waals surface area contributed by atoms with Gasteiger partial charge < -0.3 is 15.2 Å². The van der Waals surface area contributed by atoms with Crippen molar-refractivity contribution in [3.8, 4) is 5.75 Å². The van der Waals surface area contributed by atoms with Gasteiger partial charge in [-0.3, -0.25) is 4.90 Å². The van der Waals surface area contributed by atoms with Gasteiger partial charge in [-0.25, -0.2) is 4.39 Å². The van der Waals surface area contributed by atoms with E-state index in [-0.39, 0.29) is 30.9 Å². The minimum absolute atomic E-state index is 0. The molecule has 2 N–H and O–H groups in total. The third-order valence-electron chi connectivity index (χ3n) is 4.16. The quantitative estimate of drug-likeness (QED) is 0.868. The van der Waals surface area contributed by atoms with Crippen molar-refractivity contribution in [3.63, 3.8) is 0 Å². The van der Waals surface area contributed by atoms with Crippen LogP contribution in [0, 0.1) is 11.2 Å². The number of benzene rings is 1. The van der Waals surface area contributed by atoms with Crippen LogP contribution in [0.4, 0.5) is 4.39 Å². The molecule has 0 radical (unpaired) electrons. The van der Waals surface area contributed by atoms with E-state index in [9.17, 15) is 9.50 Å². The van der Waals surface area contributed by atoms with E-state index < -0.39 is 5.41 Å². The Morgan fingerprint density at radius 3 is 2.55 bits per heavy atom. The van der Waals surface area contributed by atoms with Crippen LogP contribution in [-0.4, -0.2) is 49.9 Å². The van der Waals surface area contributed by atoms with E-state index >= 15 is 0 Å². The summed E-state index contributed by atoms with van der Waals surface area (Å²) in [4.78, 5) is 2.24. The Balaban J connectivity index is 0.00000242. The van der Waals surface area contributed by atoms with Gasteiger partial charge in [0.15, 0.2) is 0 Å². The minimum Gasteiger partial charge on any atom is -0.497 e. The molecule has 0 aliphatic carbocycles. The molecule has 1 saturated heterocycles. The number of ether oxygens (including phenoxy) is 1. The summed E-state index contributed by atoms with van der Waals surface area (Å²) in [5, 5.41) is 13.1. The van der Waals surface area contributed by atoms with Crippen molar-refractivity contribution in [2.24, 2.45) is 5.41 Å². The fraction of sp³-hybridized carbons (Fsp3) is 0.625. The Bertz CT molecular complexity index is 479. The number of nitrogens with one attached hydrogen (secondary N) is 1. The summed E-state index contributed by atoms with van der Waals surface area (Å²) < 4.78 is 19.6. The molecule has 1 aromatic carbocycles. The summed E-state index contributed by atoms with van der Waals surface area (Å²) in [5.41, 5.74) is 0.153. The topological polar surface area (TPSA) is 44.7 Å². The lowest BCUT2D eigenvalue weighted by atomic mass is 9.79. The summed E-state index contributed by atoms with van der Waals surface area (Å²) in [6.07, 6.45) is 0. The smallest absolute Gasteiger partial charge is 0.128 e. The van der Waals surface area contributed by atoms with Crippen LogP contribution in [0.25, 0.3) is 0 Å². The van der Waals surface area contributed by atoms with Gasteiger partial charge >= 0.3 is 0 Å². The monoisotopic (exact) mass is 332 g/mol. The van der Waals surface area contributed by atoms with Gasteiger partial charge in [0.2, 0.25) is 0 Å². The molecule has 1 fully saturated rings. The molecule has 1 aliphatic rings. The number of aliphatic hydroxyl groups excluding tert-OH is 1. The fourth-order valence-corrected chi connectivity index (χ4v) is 3.00. The predicted molar refractivity (Wildman–Crippen MR) is 88.3 cm³/mol. The average molecular weight is 333 g/mol. The predicted octanol–water partition coefficient (Wildman–Crippen LogP) is 2.22. The van der Waals surface area contributed by atoms with Crippen LogP contribution in [0.5, 0.6) is 5.75 Å². The number of methoxy groups -OCH3 is 1. The normalized spacial score (nSPS) is 17.7. The van der Waals surface area contributed by atoms with Crippen molar-refractivity contribution < 1.29 is 14.2 Å². The van der Waals surface area contributed by atoms with Crippen molar-refractivity contribution >= 4 is 12.4 Å². The average Bonchev–Trinajstić information content (AvgIpc) is 2.50. The molecule has 0 spiro atoms. The van der Waals surface area contributed by atoms with Gasteiger partial charge in [0.05, 0.1) is 7.11 Å². The summed E-state index contributed by atoms with van der Waals surface area (Å²) in [7, 11) is 1.58. The highest BCUT2D eigenvalue weighted by Gasteiger charge is 2.37. The van der Waals surface area contributed by atoms with Crippen molar-refractivity contribution in [1.82, 2.24) is 10.2 Å². The number of aliphatic hydroxyl groups is 1. The first-order valence-electron chi connectivity index (χ1n) is 7.38. The summed E-state index contributed by atoms with van der Waals surface area (Å²) in [5.74, 6) is 0.390. The Morgan fingerprint density at radius 2 is 2.00 bits per heavy atom. The molecule has 0 bridgehead atoms. The number of hydrogen-bond acceptors (Lipinski definition) is 4. The first kappa shape index (κ1) is 19.2. The lowest BCUT2D eigenvalue weighted by Gasteiger charge is -2.43. The van der Waals surface area contributed by atoms with Crippen LogP contribution < -0.4 is 10.1 Å². The maximum Gasteiger partial charge on any atom is 0.128 e. The maximum atomic E-state index is 14.4.